The van der Waals surface area contributed by atoms with E-state index in [1.807, 2.05) is 42.5 Å². The van der Waals surface area contributed by atoms with Gasteiger partial charge in [0.1, 0.15) is 23.9 Å². The van der Waals surface area contributed by atoms with Gasteiger partial charge in [0, 0.05) is 31.5 Å². The van der Waals surface area contributed by atoms with Crippen LogP contribution in [0.3, 0.4) is 0 Å². The molecule has 0 bridgehead atoms. The van der Waals surface area contributed by atoms with Crippen molar-refractivity contribution < 1.29 is 23.7 Å². The van der Waals surface area contributed by atoms with E-state index < -0.39 is 0 Å². The van der Waals surface area contributed by atoms with Crippen molar-refractivity contribution >= 4 is 36.0 Å². The Morgan fingerprint density at radius 3 is 2.69 bits per heavy atom. The van der Waals surface area contributed by atoms with Crippen molar-refractivity contribution in [2.75, 3.05) is 58.9 Å². The lowest BCUT2D eigenvalue weighted by molar-refractivity contribution is 0.0322. The number of carbonyl (C=O) groups excluding carboxylic acids is 1. The second-order valence-corrected chi connectivity index (χ2v) is 8.40. The Labute approximate surface area is 199 Å². The fourth-order valence-electron chi connectivity index (χ4n) is 3.47. The normalized spacial score (nSPS) is 16.0. The monoisotopic (exact) mass is 477 g/mol. The van der Waals surface area contributed by atoms with Crippen molar-refractivity contribution in [2.24, 2.45) is 0 Å². The van der Waals surface area contributed by atoms with E-state index in [9.17, 15) is 4.79 Å². The number of morpholine rings is 1. The molecule has 0 spiro atoms. The lowest BCUT2D eigenvalue weighted by atomic mass is 10.1. The number of methoxy groups -OCH3 is 1. The van der Waals surface area contributed by atoms with E-state index in [2.05, 4.69) is 4.90 Å². The van der Waals surface area contributed by atoms with Gasteiger partial charge in [-0.3, -0.25) is 9.69 Å². The van der Waals surface area contributed by atoms with E-state index in [1.54, 1.807) is 24.9 Å². The third-order valence-electron chi connectivity index (χ3n) is 5.22. The van der Waals surface area contributed by atoms with Gasteiger partial charge in [0.2, 0.25) is 0 Å². The first-order valence-electron chi connectivity index (χ1n) is 10.5. The third-order valence-corrected chi connectivity index (χ3v) is 6.22. The molecule has 32 heavy (non-hydrogen) atoms. The number of thioether (sulfide) groups is 1. The van der Waals surface area contributed by atoms with Crippen LogP contribution in [0.5, 0.6) is 17.2 Å². The molecule has 0 unspecified atom stereocenters. The molecule has 1 fully saturated rings. The summed E-state index contributed by atoms with van der Waals surface area (Å²) in [5, 5.41) is 0. The van der Waals surface area contributed by atoms with Crippen LogP contribution in [-0.4, -0.2) is 69.6 Å². The molecule has 0 atom stereocenters. The number of nitrogens with zero attached hydrogens (tertiary/aromatic N) is 1. The predicted octanol–water partition coefficient (Wildman–Crippen LogP) is 4.21. The molecule has 6 nitrogen and oxygen atoms in total. The smallest absolute Gasteiger partial charge is 0.189 e. The molecule has 0 saturated carbocycles. The van der Waals surface area contributed by atoms with Crippen LogP contribution < -0.4 is 14.2 Å². The molecule has 0 aromatic heterocycles. The molecule has 8 heteroatoms. The lowest BCUT2D eigenvalue weighted by Gasteiger charge is -2.26. The Balaban J connectivity index is 0.00000289. The van der Waals surface area contributed by atoms with Crippen molar-refractivity contribution in [3.05, 3.63) is 53.6 Å². The van der Waals surface area contributed by atoms with Gasteiger partial charge in [0.15, 0.2) is 5.78 Å². The standard InChI is InChI=1S/C24H27NO5S.ClH/c1-27-19-5-2-18(3-6-19)4-7-21(26)20-16-24-23(30-14-15-31-24)17-22(20)29-13-10-25-8-11-28-12-9-25;/h2-7,16-17H,8-15H2,1H3;1H/b7-4+;. The summed E-state index contributed by atoms with van der Waals surface area (Å²) in [6, 6.07) is 11.3. The first-order chi connectivity index (χ1) is 15.2. The number of carbonyl (C=O) groups is 1. The summed E-state index contributed by atoms with van der Waals surface area (Å²) >= 11 is 1.70. The van der Waals surface area contributed by atoms with Crippen LogP contribution in [0.4, 0.5) is 0 Å². The molecule has 1 saturated heterocycles. The number of hydrogen-bond acceptors (Lipinski definition) is 7. The van der Waals surface area contributed by atoms with Crippen LogP contribution in [0.2, 0.25) is 0 Å². The maximum atomic E-state index is 13.0. The fourth-order valence-corrected chi connectivity index (χ4v) is 4.32. The Bertz CT molecular complexity index is 929. The SMILES string of the molecule is COc1ccc(/C=C/C(=O)c2cc3c(cc2OCCN2CCOCC2)OCCS3)cc1.Cl. The summed E-state index contributed by atoms with van der Waals surface area (Å²) in [4.78, 5) is 16.3. The number of rotatable bonds is 8. The zero-order valence-corrected chi connectivity index (χ0v) is 19.7. The number of fused-ring (bicyclic) bond motifs is 1. The van der Waals surface area contributed by atoms with Crippen LogP contribution in [0.15, 0.2) is 47.4 Å². The molecule has 0 aliphatic carbocycles. The van der Waals surface area contributed by atoms with Gasteiger partial charge in [-0.25, -0.2) is 0 Å². The second kappa shape index (κ2) is 12.2. The van der Waals surface area contributed by atoms with E-state index in [-0.39, 0.29) is 18.2 Å². The van der Waals surface area contributed by atoms with Gasteiger partial charge in [-0.2, -0.15) is 0 Å². The Morgan fingerprint density at radius 2 is 1.94 bits per heavy atom. The summed E-state index contributed by atoms with van der Waals surface area (Å²) in [5.74, 6) is 2.92. The van der Waals surface area contributed by atoms with E-state index in [0.29, 0.717) is 24.5 Å². The maximum absolute atomic E-state index is 13.0. The molecule has 2 heterocycles. The Hall–Kier alpha value is -2.19. The molecule has 2 aromatic carbocycles. The minimum Gasteiger partial charge on any atom is -0.497 e. The first-order valence-corrected chi connectivity index (χ1v) is 11.4. The lowest BCUT2D eigenvalue weighted by Crippen LogP contribution is -2.38. The quantitative estimate of drug-likeness (QED) is 0.417. The highest BCUT2D eigenvalue weighted by atomic mass is 35.5. The van der Waals surface area contributed by atoms with Crippen LogP contribution in [0.25, 0.3) is 6.08 Å². The Kier molecular flexibility index (Phi) is 9.29. The molecule has 4 rings (SSSR count). The van der Waals surface area contributed by atoms with Gasteiger partial charge < -0.3 is 18.9 Å². The van der Waals surface area contributed by atoms with Gasteiger partial charge in [-0.1, -0.05) is 18.2 Å². The highest BCUT2D eigenvalue weighted by Gasteiger charge is 2.20. The zero-order valence-electron chi connectivity index (χ0n) is 18.1. The number of ketones is 1. The van der Waals surface area contributed by atoms with E-state index in [0.717, 1.165) is 60.6 Å². The summed E-state index contributed by atoms with van der Waals surface area (Å²) in [7, 11) is 1.63. The average molecular weight is 478 g/mol. The van der Waals surface area contributed by atoms with E-state index >= 15 is 0 Å². The second-order valence-electron chi connectivity index (χ2n) is 7.27. The number of allylic oxidation sites excluding steroid dienone is 1. The zero-order chi connectivity index (χ0) is 21.5. The highest BCUT2D eigenvalue weighted by Crippen LogP contribution is 2.38. The topological polar surface area (TPSA) is 57.2 Å². The van der Waals surface area contributed by atoms with Gasteiger partial charge in [-0.05, 0) is 29.8 Å². The highest BCUT2D eigenvalue weighted by molar-refractivity contribution is 7.99. The first kappa shape index (κ1) is 24.5. The van der Waals surface area contributed by atoms with Crippen molar-refractivity contribution in [1.29, 1.82) is 0 Å². The number of halogens is 1. The third kappa shape index (κ3) is 6.42. The van der Waals surface area contributed by atoms with Crippen LogP contribution in [-0.2, 0) is 4.74 Å². The minimum atomic E-state index is -0.0915. The molecule has 2 aliphatic heterocycles. The van der Waals surface area contributed by atoms with Crippen LogP contribution >= 0.6 is 24.2 Å². The fraction of sp³-hybridized carbons (Fsp3) is 0.375. The largest absolute Gasteiger partial charge is 0.497 e. The van der Waals surface area contributed by atoms with E-state index in [4.69, 9.17) is 18.9 Å². The molecule has 2 aromatic rings. The number of benzene rings is 2. The van der Waals surface area contributed by atoms with Gasteiger partial charge >= 0.3 is 0 Å². The molecule has 172 valence electrons. The van der Waals surface area contributed by atoms with E-state index in [1.165, 1.54) is 0 Å². The molecule has 2 aliphatic rings. The average Bonchev–Trinajstić information content (AvgIpc) is 2.83. The summed E-state index contributed by atoms with van der Waals surface area (Å²) in [6.07, 6.45) is 3.40. The van der Waals surface area contributed by atoms with Crippen molar-refractivity contribution in [1.82, 2.24) is 4.90 Å². The number of ether oxygens (including phenoxy) is 4. The van der Waals surface area contributed by atoms with Crippen molar-refractivity contribution in [3.8, 4) is 17.2 Å². The molecular weight excluding hydrogens is 450 g/mol. The maximum Gasteiger partial charge on any atom is 0.189 e. The van der Waals surface area contributed by atoms with Crippen molar-refractivity contribution in [2.45, 2.75) is 4.90 Å². The van der Waals surface area contributed by atoms with Crippen molar-refractivity contribution in [3.63, 3.8) is 0 Å². The molecule has 0 radical (unpaired) electrons. The van der Waals surface area contributed by atoms with Crippen LogP contribution in [0.1, 0.15) is 15.9 Å². The van der Waals surface area contributed by atoms with Gasteiger partial charge in [0.25, 0.3) is 0 Å². The predicted molar refractivity (Wildman–Crippen MR) is 129 cm³/mol. The molecule has 0 N–H and O–H groups in total. The minimum absolute atomic E-state index is 0. The Morgan fingerprint density at radius 1 is 1.16 bits per heavy atom. The summed E-state index contributed by atoms with van der Waals surface area (Å²) < 4.78 is 22.4. The number of hydrogen-bond donors (Lipinski definition) is 0. The summed E-state index contributed by atoms with van der Waals surface area (Å²) in [6.45, 7) is 5.29. The van der Waals surface area contributed by atoms with Gasteiger partial charge in [-0.15, -0.1) is 24.2 Å². The molecular formula is C24H28ClNO5S. The summed E-state index contributed by atoms with van der Waals surface area (Å²) in [5.41, 5.74) is 1.49. The van der Waals surface area contributed by atoms with Gasteiger partial charge in [0.05, 0.1) is 37.4 Å². The molecule has 0 amide bonds. The van der Waals surface area contributed by atoms with Crippen LogP contribution in [0, 0.1) is 0 Å².